The second-order valence-corrected chi connectivity index (χ2v) is 9.00. The third kappa shape index (κ3) is 3.14. The van der Waals surface area contributed by atoms with E-state index in [1.54, 1.807) is 29.9 Å². The van der Waals surface area contributed by atoms with Crippen LogP contribution in [0.15, 0.2) is 35.4 Å². The maximum absolute atomic E-state index is 12.5. The fourth-order valence-electron chi connectivity index (χ4n) is 3.44. The van der Waals surface area contributed by atoms with Crippen LogP contribution in [-0.2, 0) is 27.6 Å². The molecule has 152 valence electrons. The van der Waals surface area contributed by atoms with Crippen LogP contribution in [0.1, 0.15) is 28.7 Å². The highest BCUT2D eigenvalue weighted by Crippen LogP contribution is 2.36. The predicted octanol–water partition coefficient (Wildman–Crippen LogP) is 1.79. The number of aryl methyl sites for hydroxylation is 1. The Labute approximate surface area is 168 Å². The number of nitrogens with one attached hydrogen (secondary N) is 1. The highest BCUT2D eigenvalue weighted by Gasteiger charge is 2.30. The topological polar surface area (TPSA) is 110 Å². The number of H-pyrrole nitrogens is 1. The third-order valence-corrected chi connectivity index (χ3v) is 6.74. The number of carbonyl (C=O) groups is 1. The van der Waals surface area contributed by atoms with Gasteiger partial charge in [-0.15, -0.1) is 0 Å². The van der Waals surface area contributed by atoms with E-state index in [1.165, 1.54) is 26.2 Å². The van der Waals surface area contributed by atoms with Crippen molar-refractivity contribution in [3.63, 3.8) is 0 Å². The maximum atomic E-state index is 12.5. The van der Waals surface area contributed by atoms with Crippen LogP contribution in [0.3, 0.4) is 0 Å². The van der Waals surface area contributed by atoms with Gasteiger partial charge in [0.25, 0.3) is 0 Å². The number of hydrogen-bond donors (Lipinski definition) is 1. The highest BCUT2D eigenvalue weighted by molar-refractivity contribution is 7.89. The summed E-state index contributed by atoms with van der Waals surface area (Å²) in [6.45, 7) is 2.01. The molecule has 0 saturated heterocycles. The van der Waals surface area contributed by atoms with Crippen molar-refractivity contribution in [1.29, 1.82) is 0 Å². The zero-order valence-corrected chi connectivity index (χ0v) is 17.2. The molecule has 0 radical (unpaired) electrons. The molecule has 2 aromatic heterocycles. The van der Waals surface area contributed by atoms with Crippen LogP contribution in [0, 0.1) is 0 Å². The number of fused-ring (bicyclic) bond motifs is 3. The molecule has 0 saturated carbocycles. The SMILES string of the molecule is CCOC(=O)c1nn(-c2ccc(S(=O)(=O)N(C)C)cc2)c2c1CCc1[nH]ncc1-2. The second-order valence-electron chi connectivity index (χ2n) is 6.85. The third-order valence-electron chi connectivity index (χ3n) is 4.91. The van der Waals surface area contributed by atoms with E-state index in [1.807, 2.05) is 0 Å². The van der Waals surface area contributed by atoms with Gasteiger partial charge in [-0.25, -0.2) is 22.2 Å². The molecular formula is C19H21N5O4S. The lowest BCUT2D eigenvalue weighted by Crippen LogP contribution is -2.22. The van der Waals surface area contributed by atoms with Crippen LogP contribution < -0.4 is 0 Å². The molecule has 10 heteroatoms. The molecular weight excluding hydrogens is 394 g/mol. The number of rotatable bonds is 5. The highest BCUT2D eigenvalue weighted by atomic mass is 32.2. The summed E-state index contributed by atoms with van der Waals surface area (Å²) >= 11 is 0. The minimum Gasteiger partial charge on any atom is -0.461 e. The van der Waals surface area contributed by atoms with Gasteiger partial charge in [0.1, 0.15) is 0 Å². The minimum absolute atomic E-state index is 0.182. The van der Waals surface area contributed by atoms with E-state index in [4.69, 9.17) is 4.74 Å². The largest absolute Gasteiger partial charge is 0.461 e. The van der Waals surface area contributed by atoms with Crippen molar-refractivity contribution in [1.82, 2.24) is 24.3 Å². The fourth-order valence-corrected chi connectivity index (χ4v) is 4.34. The number of nitrogens with zero attached hydrogens (tertiary/aromatic N) is 4. The van der Waals surface area contributed by atoms with Gasteiger partial charge >= 0.3 is 5.97 Å². The van der Waals surface area contributed by atoms with Crippen LogP contribution in [0.25, 0.3) is 16.9 Å². The standard InChI is InChI=1S/C19H21N5O4S/c1-4-28-19(25)17-14-9-10-16-15(11-20-21-16)18(14)24(22-17)12-5-7-13(8-6-12)29(26,27)23(2)3/h5-8,11H,4,9-10H2,1-3H3,(H,20,21). The smallest absolute Gasteiger partial charge is 0.359 e. The predicted molar refractivity (Wildman–Crippen MR) is 105 cm³/mol. The van der Waals surface area contributed by atoms with Crippen molar-refractivity contribution in [2.45, 2.75) is 24.7 Å². The van der Waals surface area contributed by atoms with E-state index in [2.05, 4.69) is 15.3 Å². The molecule has 9 nitrogen and oxygen atoms in total. The number of aromatic nitrogens is 4. The number of ether oxygens (including phenoxy) is 1. The molecule has 0 bridgehead atoms. The van der Waals surface area contributed by atoms with E-state index in [0.29, 0.717) is 12.1 Å². The summed E-state index contributed by atoms with van der Waals surface area (Å²) in [6, 6.07) is 6.41. The van der Waals surface area contributed by atoms with Gasteiger partial charge in [-0.2, -0.15) is 10.2 Å². The number of benzene rings is 1. The lowest BCUT2D eigenvalue weighted by molar-refractivity contribution is 0.0517. The molecule has 0 atom stereocenters. The summed E-state index contributed by atoms with van der Waals surface area (Å²) < 4.78 is 32.7. The van der Waals surface area contributed by atoms with Crippen molar-refractivity contribution in [2.75, 3.05) is 20.7 Å². The van der Waals surface area contributed by atoms with E-state index >= 15 is 0 Å². The van der Waals surface area contributed by atoms with Gasteiger partial charge in [-0.1, -0.05) is 0 Å². The first-order valence-corrected chi connectivity index (χ1v) is 10.6. The number of aromatic amines is 1. The number of hydrogen-bond acceptors (Lipinski definition) is 6. The Hall–Kier alpha value is -2.98. The Kier molecular flexibility index (Phi) is 4.75. The molecule has 3 aromatic rings. The Morgan fingerprint density at radius 2 is 1.97 bits per heavy atom. The number of carbonyl (C=O) groups excluding carboxylic acids is 1. The van der Waals surface area contributed by atoms with Crippen molar-refractivity contribution in [3.8, 4) is 16.9 Å². The van der Waals surface area contributed by atoms with Crippen LogP contribution in [-0.4, -0.2) is 59.4 Å². The molecule has 0 unspecified atom stereocenters. The average Bonchev–Trinajstić information content (AvgIpc) is 3.32. The van der Waals surface area contributed by atoms with Crippen LogP contribution >= 0.6 is 0 Å². The number of sulfonamides is 1. The van der Waals surface area contributed by atoms with Crippen LogP contribution in [0.2, 0.25) is 0 Å². The van der Waals surface area contributed by atoms with Crippen molar-refractivity contribution in [3.05, 3.63) is 47.4 Å². The quantitative estimate of drug-likeness (QED) is 0.636. The van der Waals surface area contributed by atoms with Gasteiger partial charge in [0.05, 0.1) is 29.1 Å². The van der Waals surface area contributed by atoms with Gasteiger partial charge in [0.15, 0.2) is 5.69 Å². The van der Waals surface area contributed by atoms with Crippen LogP contribution in [0.4, 0.5) is 0 Å². The summed E-state index contributed by atoms with van der Waals surface area (Å²) in [5, 5.41) is 11.6. The molecule has 1 aromatic carbocycles. The minimum atomic E-state index is -3.53. The van der Waals surface area contributed by atoms with Gasteiger partial charge in [-0.05, 0) is 44.0 Å². The molecule has 1 aliphatic rings. The van der Waals surface area contributed by atoms with E-state index in [0.717, 1.165) is 33.2 Å². The number of esters is 1. The van der Waals surface area contributed by atoms with Crippen molar-refractivity contribution in [2.24, 2.45) is 0 Å². The molecule has 2 heterocycles. The van der Waals surface area contributed by atoms with Gasteiger partial charge < -0.3 is 4.74 Å². The first-order chi connectivity index (χ1) is 13.8. The molecule has 1 N–H and O–H groups in total. The Morgan fingerprint density at radius 1 is 1.24 bits per heavy atom. The lowest BCUT2D eigenvalue weighted by atomic mass is 9.94. The van der Waals surface area contributed by atoms with Gasteiger partial charge in [0, 0.05) is 30.9 Å². The molecule has 0 amide bonds. The monoisotopic (exact) mass is 415 g/mol. The zero-order chi connectivity index (χ0) is 20.8. The molecule has 1 aliphatic carbocycles. The summed E-state index contributed by atoms with van der Waals surface area (Å²) in [6.07, 6.45) is 3.07. The molecule has 0 fully saturated rings. The summed E-state index contributed by atoms with van der Waals surface area (Å²) in [4.78, 5) is 12.6. The maximum Gasteiger partial charge on any atom is 0.359 e. The van der Waals surface area contributed by atoms with Crippen molar-refractivity contribution < 1.29 is 17.9 Å². The Morgan fingerprint density at radius 3 is 2.62 bits per heavy atom. The van der Waals surface area contributed by atoms with E-state index < -0.39 is 16.0 Å². The second kappa shape index (κ2) is 7.12. The van der Waals surface area contributed by atoms with E-state index in [9.17, 15) is 13.2 Å². The molecule has 4 rings (SSSR count). The van der Waals surface area contributed by atoms with Crippen molar-refractivity contribution >= 4 is 16.0 Å². The molecule has 29 heavy (non-hydrogen) atoms. The van der Waals surface area contributed by atoms with Gasteiger partial charge in [-0.3, -0.25) is 5.10 Å². The Balaban J connectivity index is 1.86. The summed E-state index contributed by atoms with van der Waals surface area (Å²) in [7, 11) is -0.563. The van der Waals surface area contributed by atoms with Gasteiger partial charge in [0.2, 0.25) is 10.0 Å². The zero-order valence-electron chi connectivity index (χ0n) is 16.3. The lowest BCUT2D eigenvalue weighted by Gasteiger charge is -2.15. The van der Waals surface area contributed by atoms with Crippen LogP contribution in [0.5, 0.6) is 0 Å². The summed E-state index contributed by atoms with van der Waals surface area (Å²) in [5.41, 5.74) is 4.34. The fraction of sp³-hybridized carbons (Fsp3) is 0.316. The first-order valence-electron chi connectivity index (χ1n) is 9.19. The first kappa shape index (κ1) is 19.3. The normalized spacial score (nSPS) is 13.2. The summed E-state index contributed by atoms with van der Waals surface area (Å²) in [5.74, 6) is -0.471. The molecule has 0 spiro atoms. The van der Waals surface area contributed by atoms with E-state index in [-0.39, 0.29) is 17.2 Å². The Bertz CT molecular complexity index is 1180. The molecule has 0 aliphatic heterocycles. The average molecular weight is 415 g/mol.